The average molecular weight is 194 g/mol. The van der Waals surface area contributed by atoms with Gasteiger partial charge in [0.1, 0.15) is 12.3 Å². The highest BCUT2D eigenvalue weighted by molar-refractivity contribution is 5.26. The summed E-state index contributed by atoms with van der Waals surface area (Å²) in [5.74, 6) is 1.69. The van der Waals surface area contributed by atoms with Crippen molar-refractivity contribution < 1.29 is 10.1 Å². The Morgan fingerprint density at radius 1 is 1.21 bits per heavy atom. The van der Waals surface area contributed by atoms with E-state index in [2.05, 4.69) is 31.3 Å². The molecule has 0 unspecified atom stereocenters. The topological polar surface area (TPSA) is 25.8 Å². The van der Waals surface area contributed by atoms with Crippen LogP contribution >= 0.6 is 0 Å². The molecule has 0 aliphatic heterocycles. The molecule has 2 heteroatoms. The summed E-state index contributed by atoms with van der Waals surface area (Å²) in [5.41, 5.74) is 1.35. The van der Waals surface area contributed by atoms with E-state index >= 15 is 0 Å². The van der Waals surface area contributed by atoms with Gasteiger partial charge in [-0.05, 0) is 24.3 Å². The third-order valence-corrected chi connectivity index (χ3v) is 2.18. The lowest BCUT2D eigenvalue weighted by Crippen LogP contribution is -2.83. The van der Waals surface area contributed by atoms with E-state index in [1.54, 1.807) is 7.11 Å². The fourth-order valence-electron chi connectivity index (χ4n) is 1.34. The van der Waals surface area contributed by atoms with Crippen molar-refractivity contribution in [3.63, 3.8) is 0 Å². The lowest BCUT2D eigenvalue weighted by atomic mass is 10.2. The fourth-order valence-corrected chi connectivity index (χ4v) is 1.34. The van der Waals surface area contributed by atoms with Crippen molar-refractivity contribution in [2.45, 2.75) is 20.4 Å². The molecule has 14 heavy (non-hydrogen) atoms. The van der Waals surface area contributed by atoms with Crippen LogP contribution in [-0.2, 0) is 6.54 Å². The zero-order chi connectivity index (χ0) is 10.4. The van der Waals surface area contributed by atoms with E-state index in [4.69, 9.17) is 4.74 Å². The summed E-state index contributed by atoms with van der Waals surface area (Å²) in [6, 6.07) is 8.27. The number of ether oxygens (including phenoxy) is 1. The van der Waals surface area contributed by atoms with Crippen molar-refractivity contribution in [3.05, 3.63) is 29.8 Å². The molecule has 1 aromatic carbocycles. The normalized spacial score (nSPS) is 10.6. The third-order valence-electron chi connectivity index (χ3n) is 2.18. The Labute approximate surface area is 86.3 Å². The molecule has 0 aliphatic carbocycles. The van der Waals surface area contributed by atoms with E-state index in [9.17, 15) is 0 Å². The van der Waals surface area contributed by atoms with Crippen LogP contribution in [0.5, 0.6) is 5.75 Å². The molecule has 0 atom stereocenters. The van der Waals surface area contributed by atoms with Crippen molar-refractivity contribution in [1.29, 1.82) is 0 Å². The van der Waals surface area contributed by atoms with E-state index in [0.717, 1.165) is 18.2 Å². The summed E-state index contributed by atoms with van der Waals surface area (Å²) in [4.78, 5) is 0. The number of rotatable bonds is 5. The van der Waals surface area contributed by atoms with Gasteiger partial charge in [-0.1, -0.05) is 13.8 Å². The van der Waals surface area contributed by atoms with E-state index in [1.165, 1.54) is 12.1 Å². The predicted octanol–water partition coefficient (Wildman–Crippen LogP) is 1.41. The van der Waals surface area contributed by atoms with Gasteiger partial charge >= 0.3 is 0 Å². The van der Waals surface area contributed by atoms with Crippen molar-refractivity contribution in [2.24, 2.45) is 5.92 Å². The van der Waals surface area contributed by atoms with Crippen LogP contribution in [0.4, 0.5) is 0 Å². The molecule has 78 valence electrons. The predicted molar refractivity (Wildman–Crippen MR) is 58.3 cm³/mol. The molecular formula is C12H20NO+. The summed E-state index contributed by atoms with van der Waals surface area (Å²) in [7, 11) is 1.69. The van der Waals surface area contributed by atoms with Crippen LogP contribution in [0.2, 0.25) is 0 Å². The van der Waals surface area contributed by atoms with Crippen LogP contribution in [0.3, 0.4) is 0 Å². The maximum absolute atomic E-state index is 5.10. The average Bonchev–Trinajstić information content (AvgIpc) is 2.18. The van der Waals surface area contributed by atoms with E-state index < -0.39 is 0 Å². The Bertz CT molecular complexity index is 254. The first-order valence-electron chi connectivity index (χ1n) is 5.17. The largest absolute Gasteiger partial charge is 0.497 e. The molecule has 0 aliphatic rings. The molecule has 0 saturated carbocycles. The lowest BCUT2D eigenvalue weighted by Gasteiger charge is -2.05. The maximum Gasteiger partial charge on any atom is 0.118 e. The maximum atomic E-state index is 5.10. The van der Waals surface area contributed by atoms with Crippen LogP contribution < -0.4 is 10.1 Å². The zero-order valence-corrected chi connectivity index (χ0v) is 9.29. The van der Waals surface area contributed by atoms with Crippen molar-refractivity contribution in [2.75, 3.05) is 13.7 Å². The molecule has 1 aromatic rings. The zero-order valence-electron chi connectivity index (χ0n) is 9.29. The van der Waals surface area contributed by atoms with Crippen LogP contribution in [0.1, 0.15) is 19.4 Å². The number of benzene rings is 1. The SMILES string of the molecule is COc1ccc(C[NH2+]CC(C)C)cc1. The Morgan fingerprint density at radius 2 is 1.86 bits per heavy atom. The van der Waals surface area contributed by atoms with Gasteiger partial charge < -0.3 is 10.1 Å². The molecule has 0 spiro atoms. The summed E-state index contributed by atoms with van der Waals surface area (Å²) in [6.07, 6.45) is 0. The van der Waals surface area contributed by atoms with Gasteiger partial charge in [0, 0.05) is 11.5 Å². The molecule has 0 heterocycles. The highest BCUT2D eigenvalue weighted by Crippen LogP contribution is 2.10. The molecule has 0 amide bonds. The summed E-state index contributed by atoms with van der Waals surface area (Å²) >= 11 is 0. The van der Waals surface area contributed by atoms with Gasteiger partial charge in [0.05, 0.1) is 13.7 Å². The van der Waals surface area contributed by atoms with Crippen molar-refractivity contribution >= 4 is 0 Å². The first-order chi connectivity index (χ1) is 6.72. The van der Waals surface area contributed by atoms with Crippen LogP contribution in [-0.4, -0.2) is 13.7 Å². The molecule has 0 radical (unpaired) electrons. The van der Waals surface area contributed by atoms with Gasteiger partial charge in [-0.15, -0.1) is 0 Å². The number of quaternary nitrogens is 1. The first-order valence-corrected chi connectivity index (χ1v) is 5.17. The lowest BCUT2D eigenvalue weighted by molar-refractivity contribution is -0.675. The van der Waals surface area contributed by atoms with Gasteiger partial charge in [-0.25, -0.2) is 0 Å². The Kier molecular flexibility index (Phi) is 4.47. The smallest absolute Gasteiger partial charge is 0.118 e. The summed E-state index contributed by atoms with van der Waals surface area (Å²) < 4.78 is 5.10. The van der Waals surface area contributed by atoms with Gasteiger partial charge in [-0.3, -0.25) is 0 Å². The molecule has 1 rings (SSSR count). The number of hydrogen-bond acceptors (Lipinski definition) is 1. The first kappa shape index (κ1) is 11.1. The molecular weight excluding hydrogens is 174 g/mol. The van der Waals surface area contributed by atoms with E-state index in [1.807, 2.05) is 12.1 Å². The highest BCUT2D eigenvalue weighted by Gasteiger charge is 1.98. The van der Waals surface area contributed by atoms with Gasteiger partial charge in [0.2, 0.25) is 0 Å². The Balaban J connectivity index is 2.36. The molecule has 2 N–H and O–H groups in total. The second-order valence-corrected chi connectivity index (χ2v) is 3.97. The standard InChI is InChI=1S/C12H19NO/c1-10(2)8-13-9-11-4-6-12(14-3)7-5-11/h4-7,10,13H,8-9H2,1-3H3/p+1. The van der Waals surface area contributed by atoms with Gasteiger partial charge in [0.25, 0.3) is 0 Å². The molecule has 0 fully saturated rings. The Morgan fingerprint density at radius 3 is 2.36 bits per heavy atom. The fraction of sp³-hybridized carbons (Fsp3) is 0.500. The summed E-state index contributed by atoms with van der Waals surface area (Å²) in [6.45, 7) is 6.73. The third kappa shape index (κ3) is 3.79. The quantitative estimate of drug-likeness (QED) is 0.753. The molecule has 0 aromatic heterocycles. The van der Waals surface area contributed by atoms with Gasteiger partial charge in [-0.2, -0.15) is 0 Å². The molecule has 0 bridgehead atoms. The van der Waals surface area contributed by atoms with E-state index in [-0.39, 0.29) is 0 Å². The Hall–Kier alpha value is -1.02. The second kappa shape index (κ2) is 5.66. The summed E-state index contributed by atoms with van der Waals surface area (Å²) in [5, 5.41) is 2.34. The van der Waals surface area contributed by atoms with Crippen LogP contribution in [0.15, 0.2) is 24.3 Å². The number of methoxy groups -OCH3 is 1. The van der Waals surface area contributed by atoms with Crippen LogP contribution in [0, 0.1) is 5.92 Å². The minimum Gasteiger partial charge on any atom is -0.497 e. The monoisotopic (exact) mass is 194 g/mol. The van der Waals surface area contributed by atoms with Gasteiger partial charge in [0.15, 0.2) is 0 Å². The minimum atomic E-state index is 0.758. The minimum absolute atomic E-state index is 0.758. The van der Waals surface area contributed by atoms with Crippen molar-refractivity contribution in [3.8, 4) is 5.75 Å². The second-order valence-electron chi connectivity index (χ2n) is 3.97. The van der Waals surface area contributed by atoms with Crippen LogP contribution in [0.25, 0.3) is 0 Å². The number of hydrogen-bond donors (Lipinski definition) is 1. The van der Waals surface area contributed by atoms with Crippen molar-refractivity contribution in [1.82, 2.24) is 0 Å². The van der Waals surface area contributed by atoms with E-state index in [0.29, 0.717) is 0 Å². The highest BCUT2D eigenvalue weighted by atomic mass is 16.5. The number of nitrogens with two attached hydrogens (primary N) is 1. The molecule has 0 saturated heterocycles. The molecule has 2 nitrogen and oxygen atoms in total.